The summed E-state index contributed by atoms with van der Waals surface area (Å²) in [6.45, 7) is 0.949. The van der Waals surface area contributed by atoms with E-state index in [2.05, 4.69) is 15.6 Å². The van der Waals surface area contributed by atoms with E-state index in [-0.39, 0.29) is 35.9 Å². The lowest BCUT2D eigenvalue weighted by atomic mass is 9.84. The highest BCUT2D eigenvalue weighted by molar-refractivity contribution is 5.92. The standard InChI is InChI=1S/C17H22FN5O.ClH/c18-14-6-3-4-12(8-14)10-23-11-16(21-22-23)17(24)20-15-7-2-1-5-13(15)9-19;/h3-4,6,8,11,13,15H,1-2,5,7,9-10,19H2,(H,20,24);1H. The molecule has 2 unspecified atom stereocenters. The van der Waals surface area contributed by atoms with Crippen molar-refractivity contribution in [2.24, 2.45) is 11.7 Å². The van der Waals surface area contributed by atoms with Crippen LogP contribution in [0.1, 0.15) is 41.7 Å². The van der Waals surface area contributed by atoms with Crippen LogP contribution in [0.4, 0.5) is 4.39 Å². The van der Waals surface area contributed by atoms with Gasteiger partial charge in [-0.05, 0) is 43.0 Å². The van der Waals surface area contributed by atoms with Crippen molar-refractivity contribution in [1.29, 1.82) is 0 Å². The largest absolute Gasteiger partial charge is 0.348 e. The molecular formula is C17H23ClFN5O. The van der Waals surface area contributed by atoms with Gasteiger partial charge in [0, 0.05) is 6.04 Å². The van der Waals surface area contributed by atoms with Crippen LogP contribution in [0.2, 0.25) is 0 Å². The highest BCUT2D eigenvalue weighted by Crippen LogP contribution is 2.23. The second-order valence-electron chi connectivity index (χ2n) is 6.29. The summed E-state index contributed by atoms with van der Waals surface area (Å²) in [5, 5.41) is 10.9. The number of nitrogens with one attached hydrogen (secondary N) is 1. The Bertz CT molecular complexity index is 708. The van der Waals surface area contributed by atoms with Crippen LogP contribution in [-0.4, -0.2) is 33.5 Å². The van der Waals surface area contributed by atoms with Gasteiger partial charge in [-0.1, -0.05) is 30.2 Å². The number of benzene rings is 1. The number of nitrogens with two attached hydrogens (primary N) is 1. The van der Waals surface area contributed by atoms with Crippen molar-refractivity contribution >= 4 is 18.3 Å². The second-order valence-corrected chi connectivity index (χ2v) is 6.29. The van der Waals surface area contributed by atoms with E-state index < -0.39 is 0 Å². The van der Waals surface area contributed by atoms with Crippen molar-refractivity contribution in [3.05, 3.63) is 47.5 Å². The zero-order chi connectivity index (χ0) is 16.9. The lowest BCUT2D eigenvalue weighted by Gasteiger charge is -2.30. The third-order valence-corrected chi connectivity index (χ3v) is 4.53. The van der Waals surface area contributed by atoms with Crippen LogP contribution in [0, 0.1) is 11.7 Å². The molecule has 0 radical (unpaired) electrons. The molecule has 1 amide bonds. The number of hydrogen-bond donors (Lipinski definition) is 2. The fourth-order valence-corrected chi connectivity index (χ4v) is 3.22. The number of halogens is 2. The summed E-state index contributed by atoms with van der Waals surface area (Å²) in [5.41, 5.74) is 6.83. The number of carbonyl (C=O) groups is 1. The van der Waals surface area contributed by atoms with Gasteiger partial charge in [0.1, 0.15) is 5.82 Å². The highest BCUT2D eigenvalue weighted by Gasteiger charge is 2.26. The molecule has 1 aliphatic rings. The average Bonchev–Trinajstić information content (AvgIpc) is 3.04. The first-order chi connectivity index (χ1) is 11.7. The Labute approximate surface area is 152 Å². The van der Waals surface area contributed by atoms with Crippen LogP contribution < -0.4 is 11.1 Å². The molecule has 1 aliphatic carbocycles. The number of amides is 1. The van der Waals surface area contributed by atoms with Crippen molar-refractivity contribution in [1.82, 2.24) is 20.3 Å². The molecule has 0 bridgehead atoms. The van der Waals surface area contributed by atoms with E-state index in [0.29, 0.717) is 19.0 Å². The van der Waals surface area contributed by atoms with Gasteiger partial charge in [0.25, 0.3) is 5.91 Å². The highest BCUT2D eigenvalue weighted by atomic mass is 35.5. The van der Waals surface area contributed by atoms with Gasteiger partial charge in [-0.15, -0.1) is 17.5 Å². The van der Waals surface area contributed by atoms with Gasteiger partial charge in [0.2, 0.25) is 0 Å². The lowest BCUT2D eigenvalue weighted by molar-refractivity contribution is 0.0903. The van der Waals surface area contributed by atoms with Crippen molar-refractivity contribution in [2.75, 3.05) is 6.54 Å². The fourth-order valence-electron chi connectivity index (χ4n) is 3.22. The maximum absolute atomic E-state index is 13.2. The van der Waals surface area contributed by atoms with Crippen LogP contribution in [-0.2, 0) is 6.54 Å². The zero-order valence-corrected chi connectivity index (χ0v) is 14.7. The van der Waals surface area contributed by atoms with Crippen LogP contribution in [0.25, 0.3) is 0 Å². The molecule has 1 aromatic heterocycles. The van der Waals surface area contributed by atoms with E-state index in [1.165, 1.54) is 16.8 Å². The molecule has 2 atom stereocenters. The summed E-state index contributed by atoms with van der Waals surface area (Å²) >= 11 is 0. The summed E-state index contributed by atoms with van der Waals surface area (Å²) in [6.07, 6.45) is 5.85. The monoisotopic (exact) mass is 367 g/mol. The van der Waals surface area contributed by atoms with Crippen LogP contribution >= 0.6 is 12.4 Å². The predicted molar refractivity (Wildman–Crippen MR) is 95.0 cm³/mol. The molecule has 0 saturated heterocycles. The molecule has 136 valence electrons. The van der Waals surface area contributed by atoms with Gasteiger partial charge in [-0.25, -0.2) is 9.07 Å². The van der Waals surface area contributed by atoms with Gasteiger partial charge >= 0.3 is 0 Å². The number of aromatic nitrogens is 3. The molecular weight excluding hydrogens is 345 g/mol. The third kappa shape index (κ3) is 4.99. The number of carbonyl (C=O) groups excluding carboxylic acids is 1. The molecule has 2 aromatic rings. The number of hydrogen-bond acceptors (Lipinski definition) is 4. The minimum atomic E-state index is -0.296. The molecule has 6 nitrogen and oxygen atoms in total. The normalized spacial score (nSPS) is 19.9. The van der Waals surface area contributed by atoms with Gasteiger partial charge in [-0.2, -0.15) is 0 Å². The van der Waals surface area contributed by atoms with Crippen molar-refractivity contribution in [3.63, 3.8) is 0 Å². The molecule has 1 heterocycles. The van der Waals surface area contributed by atoms with E-state index in [1.54, 1.807) is 18.3 Å². The van der Waals surface area contributed by atoms with E-state index >= 15 is 0 Å². The predicted octanol–water partition coefficient (Wildman–Crippen LogP) is 2.13. The fraction of sp³-hybridized carbons (Fsp3) is 0.471. The van der Waals surface area contributed by atoms with Gasteiger partial charge < -0.3 is 11.1 Å². The number of rotatable bonds is 5. The Hall–Kier alpha value is -1.99. The molecule has 0 aliphatic heterocycles. The minimum absolute atomic E-state index is 0. The van der Waals surface area contributed by atoms with Crippen LogP contribution in [0.15, 0.2) is 30.5 Å². The smallest absolute Gasteiger partial charge is 0.273 e. The molecule has 3 N–H and O–H groups in total. The number of nitrogens with zero attached hydrogens (tertiary/aromatic N) is 3. The quantitative estimate of drug-likeness (QED) is 0.847. The Kier molecular flexibility index (Phi) is 6.90. The van der Waals surface area contributed by atoms with E-state index in [4.69, 9.17) is 5.73 Å². The topological polar surface area (TPSA) is 85.8 Å². The summed E-state index contributed by atoms with van der Waals surface area (Å²) in [5.74, 6) is -0.202. The van der Waals surface area contributed by atoms with Gasteiger partial charge in [0.15, 0.2) is 5.69 Å². The Balaban J connectivity index is 0.00000225. The molecule has 0 spiro atoms. The van der Waals surface area contributed by atoms with Crippen LogP contribution in [0.5, 0.6) is 0 Å². The average molecular weight is 368 g/mol. The van der Waals surface area contributed by atoms with Gasteiger partial charge in [-0.3, -0.25) is 4.79 Å². The van der Waals surface area contributed by atoms with Crippen molar-refractivity contribution in [3.8, 4) is 0 Å². The first-order valence-electron chi connectivity index (χ1n) is 8.31. The Morgan fingerprint density at radius 1 is 1.36 bits per heavy atom. The molecule has 3 rings (SSSR count). The van der Waals surface area contributed by atoms with E-state index in [9.17, 15) is 9.18 Å². The lowest BCUT2D eigenvalue weighted by Crippen LogP contribution is -2.44. The summed E-state index contributed by atoms with van der Waals surface area (Å²) in [6, 6.07) is 6.38. The first-order valence-corrected chi connectivity index (χ1v) is 8.31. The zero-order valence-electron chi connectivity index (χ0n) is 13.9. The molecule has 1 aromatic carbocycles. The molecule has 8 heteroatoms. The first kappa shape index (κ1) is 19.3. The summed E-state index contributed by atoms with van der Waals surface area (Å²) in [7, 11) is 0. The SMILES string of the molecule is Cl.NCC1CCCCC1NC(=O)c1cn(Cc2cccc(F)c2)nn1. The third-order valence-electron chi connectivity index (χ3n) is 4.53. The van der Waals surface area contributed by atoms with Crippen molar-refractivity contribution < 1.29 is 9.18 Å². The second kappa shape index (κ2) is 8.92. The van der Waals surface area contributed by atoms with E-state index in [1.807, 2.05) is 0 Å². The van der Waals surface area contributed by atoms with Crippen LogP contribution in [0.3, 0.4) is 0 Å². The van der Waals surface area contributed by atoms with E-state index in [0.717, 1.165) is 31.2 Å². The Morgan fingerprint density at radius 2 is 2.16 bits per heavy atom. The maximum Gasteiger partial charge on any atom is 0.273 e. The minimum Gasteiger partial charge on any atom is -0.348 e. The Morgan fingerprint density at radius 3 is 2.92 bits per heavy atom. The molecule has 25 heavy (non-hydrogen) atoms. The molecule has 1 saturated carbocycles. The molecule has 1 fully saturated rings. The summed E-state index contributed by atoms with van der Waals surface area (Å²) in [4.78, 5) is 12.4. The van der Waals surface area contributed by atoms with Crippen molar-refractivity contribution in [2.45, 2.75) is 38.3 Å². The van der Waals surface area contributed by atoms with Gasteiger partial charge in [0.05, 0.1) is 12.7 Å². The summed E-state index contributed by atoms with van der Waals surface area (Å²) < 4.78 is 14.7. The maximum atomic E-state index is 13.2.